The molecule has 0 spiro atoms. The molecule has 0 unspecified atom stereocenters. The standard InChI is InChI=1S/C14H19N3O4/c15-8-9-1-3-10(4-2-9)14(19)16-12-6-5-11(17(20)21)7-13(12)18/h5-7,9-10,18H,1-4,8,15H2,(H,16,19). The van der Waals surface area contributed by atoms with Crippen LogP contribution in [-0.4, -0.2) is 22.5 Å². The largest absolute Gasteiger partial charge is 0.506 e. The Kier molecular flexibility index (Phi) is 4.74. The molecule has 7 nitrogen and oxygen atoms in total. The van der Waals surface area contributed by atoms with E-state index in [-0.39, 0.29) is 28.9 Å². The number of nitrogens with two attached hydrogens (primary N) is 1. The van der Waals surface area contributed by atoms with Crippen molar-refractivity contribution in [1.29, 1.82) is 0 Å². The molecule has 0 saturated heterocycles. The zero-order valence-electron chi connectivity index (χ0n) is 11.6. The molecule has 1 aliphatic carbocycles. The fraction of sp³-hybridized carbons (Fsp3) is 0.500. The average Bonchev–Trinajstić information content (AvgIpc) is 2.49. The summed E-state index contributed by atoms with van der Waals surface area (Å²) in [6.07, 6.45) is 3.42. The molecule has 0 atom stereocenters. The van der Waals surface area contributed by atoms with Gasteiger partial charge in [0.1, 0.15) is 5.75 Å². The van der Waals surface area contributed by atoms with Crippen molar-refractivity contribution in [2.45, 2.75) is 25.7 Å². The Morgan fingerprint density at radius 1 is 1.38 bits per heavy atom. The van der Waals surface area contributed by atoms with Crippen LogP contribution in [0, 0.1) is 22.0 Å². The molecule has 7 heteroatoms. The van der Waals surface area contributed by atoms with E-state index in [0.717, 1.165) is 31.7 Å². The van der Waals surface area contributed by atoms with Crippen LogP contribution in [-0.2, 0) is 4.79 Å². The number of phenols is 1. The number of hydrogen-bond acceptors (Lipinski definition) is 5. The molecule has 0 aromatic heterocycles. The van der Waals surface area contributed by atoms with E-state index in [1.54, 1.807) is 0 Å². The molecule has 114 valence electrons. The smallest absolute Gasteiger partial charge is 0.273 e. The second kappa shape index (κ2) is 6.53. The molecule has 1 aromatic rings. The lowest BCUT2D eigenvalue weighted by atomic mass is 9.81. The van der Waals surface area contributed by atoms with E-state index in [1.165, 1.54) is 12.1 Å². The number of non-ortho nitro benzene ring substituents is 1. The van der Waals surface area contributed by atoms with Gasteiger partial charge in [-0.3, -0.25) is 14.9 Å². The van der Waals surface area contributed by atoms with Crippen LogP contribution in [0.4, 0.5) is 11.4 Å². The number of nitro benzene ring substituents is 1. The van der Waals surface area contributed by atoms with Gasteiger partial charge in [-0.15, -0.1) is 0 Å². The van der Waals surface area contributed by atoms with Crippen molar-refractivity contribution in [2.75, 3.05) is 11.9 Å². The second-order valence-corrected chi connectivity index (χ2v) is 5.40. The Morgan fingerprint density at radius 2 is 2.05 bits per heavy atom. The highest BCUT2D eigenvalue weighted by molar-refractivity contribution is 5.94. The lowest BCUT2D eigenvalue weighted by Gasteiger charge is -2.26. The van der Waals surface area contributed by atoms with Gasteiger partial charge in [-0.1, -0.05) is 0 Å². The Bertz CT molecular complexity index is 539. The van der Waals surface area contributed by atoms with Gasteiger partial charge in [-0.05, 0) is 44.2 Å². The normalized spacial score (nSPS) is 21.8. The Hall–Kier alpha value is -2.15. The number of amides is 1. The van der Waals surface area contributed by atoms with Crippen molar-refractivity contribution < 1.29 is 14.8 Å². The maximum absolute atomic E-state index is 12.1. The average molecular weight is 293 g/mol. The second-order valence-electron chi connectivity index (χ2n) is 5.40. The molecular formula is C14H19N3O4. The van der Waals surface area contributed by atoms with Crippen LogP contribution in [0.1, 0.15) is 25.7 Å². The van der Waals surface area contributed by atoms with Gasteiger partial charge in [-0.25, -0.2) is 0 Å². The number of anilines is 1. The molecule has 4 N–H and O–H groups in total. The first kappa shape index (κ1) is 15.2. The first-order valence-corrected chi connectivity index (χ1v) is 6.99. The predicted molar refractivity (Wildman–Crippen MR) is 77.9 cm³/mol. The highest BCUT2D eigenvalue weighted by Crippen LogP contribution is 2.31. The topological polar surface area (TPSA) is 118 Å². The van der Waals surface area contributed by atoms with Gasteiger partial charge in [0.05, 0.1) is 16.7 Å². The number of nitrogens with one attached hydrogen (secondary N) is 1. The minimum absolute atomic E-state index is 0.0950. The Balaban J connectivity index is 1.98. The van der Waals surface area contributed by atoms with E-state index in [2.05, 4.69) is 5.32 Å². The third-order valence-electron chi connectivity index (χ3n) is 4.00. The third kappa shape index (κ3) is 3.69. The molecule has 21 heavy (non-hydrogen) atoms. The SMILES string of the molecule is NCC1CCC(C(=O)Nc2ccc([N+](=O)[O-])cc2O)CC1. The third-order valence-corrected chi connectivity index (χ3v) is 4.00. The Morgan fingerprint density at radius 3 is 2.57 bits per heavy atom. The van der Waals surface area contributed by atoms with Crippen molar-refractivity contribution in [1.82, 2.24) is 0 Å². The monoisotopic (exact) mass is 293 g/mol. The summed E-state index contributed by atoms with van der Waals surface area (Å²) in [6, 6.07) is 3.62. The van der Waals surface area contributed by atoms with Crippen LogP contribution in [0.15, 0.2) is 18.2 Å². The summed E-state index contributed by atoms with van der Waals surface area (Å²) in [7, 11) is 0. The highest BCUT2D eigenvalue weighted by Gasteiger charge is 2.26. The van der Waals surface area contributed by atoms with E-state index in [9.17, 15) is 20.0 Å². The van der Waals surface area contributed by atoms with E-state index in [1.807, 2.05) is 0 Å². The minimum Gasteiger partial charge on any atom is -0.506 e. The van der Waals surface area contributed by atoms with Crippen molar-refractivity contribution in [3.05, 3.63) is 28.3 Å². The number of carbonyl (C=O) groups is 1. The number of carbonyl (C=O) groups excluding carboxylic acids is 1. The predicted octanol–water partition coefficient (Wildman–Crippen LogP) is 2.00. The van der Waals surface area contributed by atoms with Crippen molar-refractivity contribution in [2.24, 2.45) is 17.6 Å². The zero-order chi connectivity index (χ0) is 15.4. The maximum Gasteiger partial charge on any atom is 0.273 e. The van der Waals surface area contributed by atoms with Gasteiger partial charge in [0.25, 0.3) is 5.69 Å². The van der Waals surface area contributed by atoms with Crippen LogP contribution in [0.25, 0.3) is 0 Å². The number of phenolic OH excluding ortho intramolecular Hbond substituents is 1. The number of rotatable bonds is 4. The van der Waals surface area contributed by atoms with Crippen LogP contribution in [0.3, 0.4) is 0 Å². The van der Waals surface area contributed by atoms with Crippen LogP contribution < -0.4 is 11.1 Å². The molecule has 1 saturated carbocycles. The van der Waals surface area contributed by atoms with Crippen molar-refractivity contribution >= 4 is 17.3 Å². The number of nitrogens with zero attached hydrogens (tertiary/aromatic N) is 1. The van der Waals surface area contributed by atoms with Crippen LogP contribution in [0.5, 0.6) is 5.75 Å². The fourth-order valence-corrected chi connectivity index (χ4v) is 2.63. The molecule has 1 aliphatic rings. The van der Waals surface area contributed by atoms with Gasteiger partial charge in [0.2, 0.25) is 5.91 Å². The molecule has 1 amide bonds. The molecule has 0 radical (unpaired) electrons. The first-order valence-electron chi connectivity index (χ1n) is 6.99. The molecule has 1 fully saturated rings. The molecule has 0 aliphatic heterocycles. The van der Waals surface area contributed by atoms with Gasteiger partial charge < -0.3 is 16.2 Å². The van der Waals surface area contributed by atoms with E-state index < -0.39 is 4.92 Å². The summed E-state index contributed by atoms with van der Waals surface area (Å²) in [6.45, 7) is 0.650. The number of benzene rings is 1. The quantitative estimate of drug-likeness (QED) is 0.445. The van der Waals surface area contributed by atoms with Crippen molar-refractivity contribution in [3.8, 4) is 5.75 Å². The summed E-state index contributed by atoms with van der Waals surface area (Å²) >= 11 is 0. The number of hydrogen-bond donors (Lipinski definition) is 3. The van der Waals surface area contributed by atoms with Gasteiger partial charge >= 0.3 is 0 Å². The molecule has 1 aromatic carbocycles. The highest BCUT2D eigenvalue weighted by atomic mass is 16.6. The summed E-state index contributed by atoms with van der Waals surface area (Å²) in [4.78, 5) is 22.1. The Labute approximate surface area is 122 Å². The van der Waals surface area contributed by atoms with Gasteiger partial charge in [0, 0.05) is 12.0 Å². The molecule has 0 heterocycles. The summed E-state index contributed by atoms with van der Waals surface area (Å²) < 4.78 is 0. The lowest BCUT2D eigenvalue weighted by Crippen LogP contribution is -2.29. The summed E-state index contributed by atoms with van der Waals surface area (Å²) in [5.41, 5.74) is 5.60. The lowest BCUT2D eigenvalue weighted by molar-refractivity contribution is -0.384. The first-order chi connectivity index (χ1) is 10.0. The number of aromatic hydroxyl groups is 1. The summed E-state index contributed by atoms with van der Waals surface area (Å²) in [5.74, 6) is -0.0629. The molecule has 2 rings (SSSR count). The molecule has 0 bridgehead atoms. The van der Waals surface area contributed by atoms with E-state index in [4.69, 9.17) is 5.73 Å². The van der Waals surface area contributed by atoms with Gasteiger partial charge in [-0.2, -0.15) is 0 Å². The summed E-state index contributed by atoms with van der Waals surface area (Å²) in [5, 5.41) is 23.0. The minimum atomic E-state index is -0.598. The van der Waals surface area contributed by atoms with Crippen LogP contribution in [0.2, 0.25) is 0 Å². The van der Waals surface area contributed by atoms with E-state index >= 15 is 0 Å². The van der Waals surface area contributed by atoms with Crippen molar-refractivity contribution in [3.63, 3.8) is 0 Å². The maximum atomic E-state index is 12.1. The zero-order valence-corrected chi connectivity index (χ0v) is 11.6. The number of nitro groups is 1. The van der Waals surface area contributed by atoms with Gasteiger partial charge in [0.15, 0.2) is 0 Å². The van der Waals surface area contributed by atoms with E-state index in [0.29, 0.717) is 12.5 Å². The fourth-order valence-electron chi connectivity index (χ4n) is 2.63. The molecular weight excluding hydrogens is 274 g/mol. The van der Waals surface area contributed by atoms with Crippen LogP contribution >= 0.6 is 0 Å².